The number of carbonyl (C=O) groups excluding carboxylic acids is 1. The number of Topliss-reactive ketones (excluding diaryl/α,β-unsaturated/α-hetero) is 1. The first-order valence-corrected chi connectivity index (χ1v) is 9.73. The van der Waals surface area contributed by atoms with Crippen LogP contribution < -0.4 is 4.74 Å². The van der Waals surface area contributed by atoms with Gasteiger partial charge in [0.05, 0.1) is 17.1 Å². The molecule has 0 saturated carbocycles. The van der Waals surface area contributed by atoms with Crippen molar-refractivity contribution in [2.45, 2.75) is 49.5 Å². The van der Waals surface area contributed by atoms with Crippen LogP contribution in [0, 0.1) is 11.7 Å². The molecule has 2 unspecified atom stereocenters. The number of fused-ring (bicyclic) bond motifs is 2. The van der Waals surface area contributed by atoms with Gasteiger partial charge in [-0.25, -0.2) is 12.8 Å². The normalized spacial score (nSPS) is 29.0. The van der Waals surface area contributed by atoms with E-state index in [0.29, 0.717) is 38.0 Å². The highest BCUT2D eigenvalue weighted by Gasteiger charge is 2.46. The molecule has 0 aliphatic carbocycles. The minimum absolute atomic E-state index is 0.169. The summed E-state index contributed by atoms with van der Waals surface area (Å²) in [6, 6.07) is 4.01. The van der Waals surface area contributed by atoms with E-state index in [1.807, 2.05) is 0 Å². The summed E-state index contributed by atoms with van der Waals surface area (Å²) < 4.78 is 43.6. The van der Waals surface area contributed by atoms with Gasteiger partial charge in [-0.1, -0.05) is 6.42 Å². The fourth-order valence-corrected chi connectivity index (χ4v) is 6.35. The molecule has 2 aliphatic rings. The van der Waals surface area contributed by atoms with Crippen LogP contribution in [0.3, 0.4) is 0 Å². The highest BCUT2D eigenvalue weighted by atomic mass is 32.2. The second-order valence-corrected chi connectivity index (χ2v) is 8.92. The number of carbonyl (C=O) groups is 1. The lowest BCUT2D eigenvalue weighted by atomic mass is 9.84. The van der Waals surface area contributed by atoms with Gasteiger partial charge in [-0.05, 0) is 44.7 Å². The van der Waals surface area contributed by atoms with Gasteiger partial charge in [-0.2, -0.15) is 0 Å². The maximum atomic E-state index is 13.7. The van der Waals surface area contributed by atoms with Crippen LogP contribution in [-0.2, 0) is 9.84 Å². The largest absolute Gasteiger partial charge is 0.494 e. The molecule has 6 heteroatoms. The Kier molecular flexibility index (Phi) is 4.45. The third-order valence-electron chi connectivity index (χ3n) is 4.91. The molecule has 1 aromatic carbocycles. The van der Waals surface area contributed by atoms with E-state index in [1.165, 1.54) is 12.1 Å². The SMILES string of the molecule is CCOc1cc(F)cc(C(=O)C2CC3CCCC(C2)S3(=O)=O)c1. The maximum Gasteiger partial charge on any atom is 0.166 e. The number of ether oxygens (including phenoxy) is 1. The molecule has 23 heavy (non-hydrogen) atoms. The minimum Gasteiger partial charge on any atom is -0.494 e. The van der Waals surface area contributed by atoms with Crippen molar-refractivity contribution in [3.8, 4) is 5.75 Å². The molecule has 0 radical (unpaired) electrons. The molecule has 1 aromatic rings. The number of halogens is 1. The van der Waals surface area contributed by atoms with Crippen molar-refractivity contribution in [2.75, 3.05) is 6.61 Å². The number of hydrogen-bond acceptors (Lipinski definition) is 4. The molecule has 0 spiro atoms. The monoisotopic (exact) mass is 340 g/mol. The Hall–Kier alpha value is -1.43. The third-order valence-corrected chi connectivity index (χ3v) is 7.63. The zero-order valence-corrected chi connectivity index (χ0v) is 13.9. The number of rotatable bonds is 4. The first-order chi connectivity index (χ1) is 10.9. The highest BCUT2D eigenvalue weighted by molar-refractivity contribution is 7.92. The molecule has 4 nitrogen and oxygen atoms in total. The van der Waals surface area contributed by atoms with Crippen LogP contribution in [0.25, 0.3) is 0 Å². The van der Waals surface area contributed by atoms with E-state index in [4.69, 9.17) is 4.74 Å². The van der Waals surface area contributed by atoms with E-state index < -0.39 is 26.2 Å². The summed E-state index contributed by atoms with van der Waals surface area (Å²) in [6.07, 6.45) is 2.89. The zero-order valence-electron chi connectivity index (χ0n) is 13.1. The predicted octanol–water partition coefficient (Wildman–Crippen LogP) is 3.15. The van der Waals surface area contributed by atoms with Crippen molar-refractivity contribution in [3.63, 3.8) is 0 Å². The lowest BCUT2D eigenvalue weighted by molar-refractivity contribution is 0.0893. The summed E-state index contributed by atoms with van der Waals surface area (Å²) >= 11 is 0. The average Bonchev–Trinajstić information content (AvgIpc) is 2.45. The summed E-state index contributed by atoms with van der Waals surface area (Å²) in [7, 11) is -3.09. The first-order valence-electron chi connectivity index (χ1n) is 8.12. The van der Waals surface area contributed by atoms with E-state index in [2.05, 4.69) is 0 Å². The second-order valence-electron chi connectivity index (χ2n) is 6.41. The molecule has 2 aliphatic heterocycles. The summed E-state index contributed by atoms with van der Waals surface area (Å²) in [4.78, 5) is 12.7. The van der Waals surface area contributed by atoms with Gasteiger partial charge in [-0.3, -0.25) is 4.79 Å². The van der Waals surface area contributed by atoms with Crippen molar-refractivity contribution >= 4 is 15.6 Å². The fourth-order valence-electron chi connectivity index (χ4n) is 3.81. The topological polar surface area (TPSA) is 60.4 Å². The van der Waals surface area contributed by atoms with Crippen LogP contribution in [0.1, 0.15) is 49.4 Å². The Morgan fingerprint density at radius 1 is 1.22 bits per heavy atom. The minimum atomic E-state index is -3.09. The van der Waals surface area contributed by atoms with Crippen molar-refractivity contribution in [1.82, 2.24) is 0 Å². The van der Waals surface area contributed by atoms with Gasteiger partial charge in [0.25, 0.3) is 0 Å². The van der Waals surface area contributed by atoms with Gasteiger partial charge in [0.1, 0.15) is 11.6 Å². The lowest BCUT2D eigenvalue weighted by Gasteiger charge is -2.38. The van der Waals surface area contributed by atoms with Gasteiger partial charge in [0.15, 0.2) is 15.6 Å². The van der Waals surface area contributed by atoms with Gasteiger partial charge in [-0.15, -0.1) is 0 Å². The number of ketones is 1. The average molecular weight is 340 g/mol. The number of benzene rings is 1. The lowest BCUT2D eigenvalue weighted by Crippen LogP contribution is -2.45. The summed E-state index contributed by atoms with van der Waals surface area (Å²) in [5, 5.41) is -0.826. The predicted molar refractivity (Wildman–Crippen MR) is 85.0 cm³/mol. The zero-order chi connectivity index (χ0) is 16.6. The summed E-state index contributed by atoms with van der Waals surface area (Å²) in [5.41, 5.74) is 0.274. The van der Waals surface area contributed by atoms with Crippen molar-refractivity contribution in [2.24, 2.45) is 5.92 Å². The van der Waals surface area contributed by atoms with Gasteiger partial charge < -0.3 is 4.74 Å². The van der Waals surface area contributed by atoms with E-state index in [1.54, 1.807) is 13.0 Å². The highest BCUT2D eigenvalue weighted by Crippen LogP contribution is 2.40. The van der Waals surface area contributed by atoms with Crippen LogP contribution in [0.5, 0.6) is 5.75 Å². The van der Waals surface area contributed by atoms with Crippen molar-refractivity contribution in [1.29, 1.82) is 0 Å². The quantitative estimate of drug-likeness (QED) is 0.790. The number of sulfone groups is 1. The van der Waals surface area contributed by atoms with Gasteiger partial charge in [0.2, 0.25) is 0 Å². The molecule has 0 amide bonds. The Balaban J connectivity index is 1.84. The fraction of sp³-hybridized carbons (Fsp3) is 0.588. The van der Waals surface area contributed by atoms with E-state index in [9.17, 15) is 17.6 Å². The van der Waals surface area contributed by atoms with Crippen LogP contribution in [0.2, 0.25) is 0 Å². The van der Waals surface area contributed by atoms with Crippen molar-refractivity contribution < 1.29 is 22.3 Å². The molecule has 2 bridgehead atoms. The Morgan fingerprint density at radius 2 is 1.87 bits per heavy atom. The molecule has 2 fully saturated rings. The van der Waals surface area contributed by atoms with E-state index in [0.717, 1.165) is 6.42 Å². The van der Waals surface area contributed by atoms with Crippen LogP contribution in [-0.4, -0.2) is 31.3 Å². The van der Waals surface area contributed by atoms with E-state index in [-0.39, 0.29) is 17.3 Å². The third kappa shape index (κ3) is 3.13. The van der Waals surface area contributed by atoms with E-state index >= 15 is 0 Å². The first kappa shape index (κ1) is 16.4. The molecule has 2 atom stereocenters. The smallest absolute Gasteiger partial charge is 0.166 e. The molecule has 126 valence electrons. The molecular weight excluding hydrogens is 319 g/mol. The molecule has 3 rings (SSSR count). The Bertz CT molecular complexity index is 693. The van der Waals surface area contributed by atoms with Crippen LogP contribution >= 0.6 is 0 Å². The maximum absolute atomic E-state index is 13.7. The Morgan fingerprint density at radius 3 is 2.48 bits per heavy atom. The summed E-state index contributed by atoms with van der Waals surface area (Å²) in [6.45, 7) is 2.18. The Labute approximate surface area is 136 Å². The molecular formula is C17H21FO4S. The molecule has 0 aromatic heterocycles. The summed E-state index contributed by atoms with van der Waals surface area (Å²) in [5.74, 6) is -0.690. The van der Waals surface area contributed by atoms with Crippen LogP contribution in [0.4, 0.5) is 4.39 Å². The van der Waals surface area contributed by atoms with Crippen molar-refractivity contribution in [3.05, 3.63) is 29.6 Å². The standard InChI is InChI=1S/C17H21FO4S/c1-2-22-14-7-11(6-13(18)10-14)17(19)12-8-15-4-3-5-16(9-12)23(15,20)21/h6-7,10,12,15-16H,2-5,8-9H2,1H3. The molecule has 2 heterocycles. The second kappa shape index (κ2) is 6.23. The van der Waals surface area contributed by atoms with Gasteiger partial charge in [0, 0.05) is 17.5 Å². The van der Waals surface area contributed by atoms with Gasteiger partial charge >= 0.3 is 0 Å². The molecule has 0 N–H and O–H groups in total. The molecule has 2 saturated heterocycles. The van der Waals surface area contributed by atoms with Crippen LogP contribution in [0.15, 0.2) is 18.2 Å². The number of hydrogen-bond donors (Lipinski definition) is 0.